The summed E-state index contributed by atoms with van der Waals surface area (Å²) >= 11 is 0. The SMILES string of the molecule is COc1ccccc1NC(N)=NC1C2CCOC2C12CCC2. The monoisotopic (exact) mass is 301 g/mol. The minimum Gasteiger partial charge on any atom is -0.495 e. The van der Waals surface area contributed by atoms with Gasteiger partial charge in [0.2, 0.25) is 0 Å². The number of nitrogens with zero attached hydrogens (tertiary/aromatic N) is 1. The number of hydrogen-bond acceptors (Lipinski definition) is 3. The number of aliphatic imine (C=N–C) groups is 1. The minimum absolute atomic E-state index is 0.272. The molecule has 1 aromatic carbocycles. The molecule has 2 aliphatic carbocycles. The van der Waals surface area contributed by atoms with Crippen LogP contribution < -0.4 is 15.8 Å². The maximum Gasteiger partial charge on any atom is 0.193 e. The first-order valence-electron chi connectivity index (χ1n) is 8.09. The van der Waals surface area contributed by atoms with Crippen LogP contribution in [0.3, 0.4) is 0 Å². The molecule has 1 aliphatic heterocycles. The van der Waals surface area contributed by atoms with E-state index in [1.54, 1.807) is 7.11 Å². The van der Waals surface area contributed by atoms with E-state index < -0.39 is 0 Å². The molecular weight excluding hydrogens is 278 g/mol. The number of benzene rings is 1. The van der Waals surface area contributed by atoms with Gasteiger partial charge in [-0.2, -0.15) is 0 Å². The van der Waals surface area contributed by atoms with Gasteiger partial charge in [-0.05, 0) is 31.4 Å². The van der Waals surface area contributed by atoms with Gasteiger partial charge in [-0.1, -0.05) is 18.6 Å². The number of rotatable bonds is 3. The molecule has 5 heteroatoms. The third-order valence-corrected chi connectivity index (χ3v) is 5.63. The Kier molecular flexibility index (Phi) is 3.26. The second kappa shape index (κ2) is 5.16. The van der Waals surface area contributed by atoms with Gasteiger partial charge in [-0.15, -0.1) is 0 Å². The van der Waals surface area contributed by atoms with Gasteiger partial charge in [-0.3, -0.25) is 0 Å². The topological polar surface area (TPSA) is 68.9 Å². The van der Waals surface area contributed by atoms with Crippen LogP contribution in [-0.2, 0) is 4.74 Å². The van der Waals surface area contributed by atoms with E-state index in [9.17, 15) is 0 Å². The van der Waals surface area contributed by atoms with Crippen LogP contribution in [0.2, 0.25) is 0 Å². The Bertz CT molecular complexity index is 597. The molecule has 2 saturated carbocycles. The number of para-hydroxylation sites is 2. The van der Waals surface area contributed by atoms with Gasteiger partial charge in [0, 0.05) is 17.9 Å². The molecule has 1 spiro atoms. The molecule has 1 heterocycles. The summed E-state index contributed by atoms with van der Waals surface area (Å²) in [6.07, 6.45) is 5.28. The summed E-state index contributed by atoms with van der Waals surface area (Å²) < 4.78 is 11.3. The molecule has 0 radical (unpaired) electrons. The van der Waals surface area contributed by atoms with Crippen LogP contribution in [0, 0.1) is 11.3 Å². The van der Waals surface area contributed by atoms with Gasteiger partial charge in [0.15, 0.2) is 5.96 Å². The summed E-state index contributed by atoms with van der Waals surface area (Å²) in [7, 11) is 1.66. The van der Waals surface area contributed by atoms with E-state index >= 15 is 0 Å². The standard InChI is InChI=1S/C17H23N3O2/c1-21-13-6-3-2-5-12(13)19-16(18)20-14-11-7-10-22-15(11)17(14)8-4-9-17/h2-3,5-6,11,14-15H,4,7-10H2,1H3,(H3,18,19,20). The van der Waals surface area contributed by atoms with Crippen molar-refractivity contribution in [2.24, 2.45) is 22.1 Å². The van der Waals surface area contributed by atoms with Crippen LogP contribution in [-0.4, -0.2) is 31.8 Å². The lowest BCUT2D eigenvalue weighted by Crippen LogP contribution is -2.65. The van der Waals surface area contributed by atoms with E-state index in [-0.39, 0.29) is 5.41 Å². The van der Waals surface area contributed by atoms with Crippen LogP contribution >= 0.6 is 0 Å². The molecule has 0 aromatic heterocycles. The largest absolute Gasteiger partial charge is 0.495 e. The van der Waals surface area contributed by atoms with E-state index in [1.807, 2.05) is 24.3 Å². The molecule has 118 valence electrons. The van der Waals surface area contributed by atoms with Crippen LogP contribution in [0.5, 0.6) is 5.75 Å². The molecule has 3 N–H and O–H groups in total. The number of ether oxygens (including phenoxy) is 2. The van der Waals surface area contributed by atoms with Crippen molar-refractivity contribution in [2.75, 3.05) is 19.0 Å². The van der Waals surface area contributed by atoms with Crippen molar-refractivity contribution in [3.63, 3.8) is 0 Å². The zero-order chi connectivity index (χ0) is 15.2. The van der Waals surface area contributed by atoms with Crippen molar-refractivity contribution in [3.05, 3.63) is 24.3 Å². The number of nitrogens with one attached hydrogen (secondary N) is 1. The number of hydrogen-bond donors (Lipinski definition) is 2. The molecular formula is C17H23N3O2. The highest BCUT2D eigenvalue weighted by Crippen LogP contribution is 2.64. The quantitative estimate of drug-likeness (QED) is 0.664. The predicted octanol–water partition coefficient (Wildman–Crippen LogP) is 2.38. The first kappa shape index (κ1) is 13.9. The molecule has 3 fully saturated rings. The van der Waals surface area contributed by atoms with E-state index in [0.29, 0.717) is 24.0 Å². The number of anilines is 1. The summed E-state index contributed by atoms with van der Waals surface area (Å²) in [6, 6.07) is 8.06. The molecule has 5 nitrogen and oxygen atoms in total. The van der Waals surface area contributed by atoms with Gasteiger partial charge < -0.3 is 20.5 Å². The first-order chi connectivity index (χ1) is 10.7. The van der Waals surface area contributed by atoms with Crippen molar-refractivity contribution in [1.82, 2.24) is 0 Å². The smallest absolute Gasteiger partial charge is 0.193 e. The zero-order valence-corrected chi connectivity index (χ0v) is 12.9. The molecule has 0 amide bonds. The first-order valence-corrected chi connectivity index (χ1v) is 8.09. The van der Waals surface area contributed by atoms with E-state index in [4.69, 9.17) is 20.2 Å². The Morgan fingerprint density at radius 2 is 2.23 bits per heavy atom. The van der Waals surface area contributed by atoms with Crippen molar-refractivity contribution < 1.29 is 9.47 Å². The average molecular weight is 301 g/mol. The second-order valence-corrected chi connectivity index (χ2v) is 6.62. The van der Waals surface area contributed by atoms with Crippen LogP contribution in [0.1, 0.15) is 25.7 Å². The Labute approximate surface area is 130 Å². The molecule has 1 aromatic rings. The number of fused-ring (bicyclic) bond motifs is 2. The summed E-state index contributed by atoms with van der Waals surface area (Å²) in [6.45, 7) is 0.878. The normalized spacial score (nSPS) is 32.0. The van der Waals surface area contributed by atoms with Crippen molar-refractivity contribution in [1.29, 1.82) is 0 Å². The van der Waals surface area contributed by atoms with Gasteiger partial charge in [-0.25, -0.2) is 4.99 Å². The third-order valence-electron chi connectivity index (χ3n) is 5.63. The highest BCUT2D eigenvalue weighted by Gasteiger charge is 2.66. The molecule has 3 unspecified atom stereocenters. The van der Waals surface area contributed by atoms with E-state index in [0.717, 1.165) is 24.5 Å². The minimum atomic E-state index is 0.272. The van der Waals surface area contributed by atoms with Gasteiger partial charge in [0.1, 0.15) is 5.75 Å². The fraction of sp³-hybridized carbons (Fsp3) is 0.588. The molecule has 0 bridgehead atoms. The van der Waals surface area contributed by atoms with Crippen molar-refractivity contribution in [2.45, 2.75) is 37.8 Å². The Morgan fingerprint density at radius 3 is 2.95 bits per heavy atom. The zero-order valence-electron chi connectivity index (χ0n) is 12.9. The Morgan fingerprint density at radius 1 is 1.41 bits per heavy atom. The predicted molar refractivity (Wildman–Crippen MR) is 86.2 cm³/mol. The Balaban J connectivity index is 1.52. The summed E-state index contributed by atoms with van der Waals surface area (Å²) in [4.78, 5) is 4.82. The van der Waals surface area contributed by atoms with Gasteiger partial charge in [0.25, 0.3) is 0 Å². The Hall–Kier alpha value is -1.75. The summed E-state index contributed by atoms with van der Waals surface area (Å²) in [5.41, 5.74) is 7.29. The molecule has 1 saturated heterocycles. The van der Waals surface area contributed by atoms with Crippen molar-refractivity contribution in [3.8, 4) is 5.75 Å². The lowest BCUT2D eigenvalue weighted by atomic mass is 9.46. The van der Waals surface area contributed by atoms with Crippen molar-refractivity contribution >= 4 is 11.6 Å². The van der Waals surface area contributed by atoms with E-state index in [1.165, 1.54) is 19.3 Å². The highest BCUT2D eigenvalue weighted by atomic mass is 16.5. The molecule has 4 rings (SSSR count). The van der Waals surface area contributed by atoms with E-state index in [2.05, 4.69) is 5.32 Å². The maximum atomic E-state index is 6.16. The third kappa shape index (κ3) is 1.92. The molecule has 3 atom stereocenters. The fourth-order valence-electron chi connectivity index (χ4n) is 4.46. The number of nitrogens with two attached hydrogens (primary N) is 1. The number of methoxy groups -OCH3 is 1. The molecule has 22 heavy (non-hydrogen) atoms. The summed E-state index contributed by atoms with van der Waals surface area (Å²) in [5.74, 6) is 1.80. The van der Waals surface area contributed by atoms with Crippen LogP contribution in [0.4, 0.5) is 5.69 Å². The highest BCUT2D eigenvalue weighted by molar-refractivity contribution is 5.93. The average Bonchev–Trinajstić information content (AvgIpc) is 2.89. The number of guanidine groups is 1. The van der Waals surface area contributed by atoms with Gasteiger partial charge in [0.05, 0.1) is 24.9 Å². The van der Waals surface area contributed by atoms with Crippen LogP contribution in [0.25, 0.3) is 0 Å². The van der Waals surface area contributed by atoms with Gasteiger partial charge >= 0.3 is 0 Å². The summed E-state index contributed by atoms with van der Waals surface area (Å²) in [5, 5.41) is 3.19. The molecule has 3 aliphatic rings. The lowest BCUT2D eigenvalue weighted by molar-refractivity contribution is -0.164. The van der Waals surface area contributed by atoms with Crippen LogP contribution in [0.15, 0.2) is 29.3 Å². The maximum absolute atomic E-state index is 6.16. The lowest BCUT2D eigenvalue weighted by Gasteiger charge is -2.61. The fourth-order valence-corrected chi connectivity index (χ4v) is 4.46. The second-order valence-electron chi connectivity index (χ2n) is 6.62.